The molecule has 0 aromatic heterocycles. The van der Waals surface area contributed by atoms with Crippen molar-refractivity contribution in [3.63, 3.8) is 0 Å². The third-order valence-electron chi connectivity index (χ3n) is 2.87. The van der Waals surface area contributed by atoms with Gasteiger partial charge in [0.2, 0.25) is 0 Å². The molecule has 76 valence electrons. The van der Waals surface area contributed by atoms with Gasteiger partial charge < -0.3 is 10.1 Å². The lowest BCUT2D eigenvalue weighted by atomic mass is 10.2. The maximum absolute atomic E-state index is 6.16. The lowest BCUT2D eigenvalue weighted by Crippen LogP contribution is -2.31. The minimum absolute atomic E-state index is 0.349. The minimum Gasteiger partial charge on any atom is -0.377 e. The predicted octanol–water partition coefficient (Wildman–Crippen LogP) is 1.77. The third-order valence-corrected chi connectivity index (χ3v) is 3.38. The van der Waals surface area contributed by atoms with Crippen LogP contribution >= 0.6 is 11.6 Å². The van der Waals surface area contributed by atoms with Gasteiger partial charge in [-0.05, 0) is 31.6 Å². The van der Waals surface area contributed by atoms with E-state index < -0.39 is 0 Å². The number of hydrogen-bond acceptors (Lipinski definition) is 2. The molecule has 2 fully saturated rings. The fourth-order valence-corrected chi connectivity index (χ4v) is 2.17. The van der Waals surface area contributed by atoms with Crippen molar-refractivity contribution in [3.05, 3.63) is 0 Å². The molecule has 0 amide bonds. The molecule has 0 aromatic carbocycles. The average molecular weight is 204 g/mol. The van der Waals surface area contributed by atoms with Crippen LogP contribution < -0.4 is 5.32 Å². The number of ether oxygens (including phenoxy) is 1. The summed E-state index contributed by atoms with van der Waals surface area (Å²) in [6, 6.07) is 0. The topological polar surface area (TPSA) is 21.3 Å². The fraction of sp³-hybridized carbons (Fsp3) is 1.00. The van der Waals surface area contributed by atoms with Crippen molar-refractivity contribution in [2.75, 3.05) is 19.7 Å². The summed E-state index contributed by atoms with van der Waals surface area (Å²) in [6.45, 7) is 2.88. The van der Waals surface area contributed by atoms with Crippen LogP contribution in [0.5, 0.6) is 0 Å². The summed E-state index contributed by atoms with van der Waals surface area (Å²) in [5.74, 6) is 0.790. The van der Waals surface area contributed by atoms with Gasteiger partial charge in [-0.3, -0.25) is 0 Å². The van der Waals surface area contributed by atoms with E-state index in [1.54, 1.807) is 0 Å². The molecule has 1 saturated heterocycles. The minimum atomic E-state index is 0.349. The second-order valence-electron chi connectivity index (χ2n) is 4.15. The summed E-state index contributed by atoms with van der Waals surface area (Å²) in [6.07, 6.45) is 5.54. The van der Waals surface area contributed by atoms with E-state index in [4.69, 9.17) is 16.3 Å². The zero-order chi connectivity index (χ0) is 9.10. The molecular weight excluding hydrogens is 186 g/mol. The Balaban J connectivity index is 1.52. The number of halogens is 1. The van der Waals surface area contributed by atoms with Gasteiger partial charge in [-0.15, -0.1) is 11.6 Å². The first-order chi connectivity index (χ1) is 6.36. The molecule has 13 heavy (non-hydrogen) atoms. The van der Waals surface area contributed by atoms with Crippen LogP contribution in [0.1, 0.15) is 25.7 Å². The molecule has 2 aliphatic rings. The summed E-state index contributed by atoms with van der Waals surface area (Å²) < 4.78 is 5.51. The summed E-state index contributed by atoms with van der Waals surface area (Å²) in [7, 11) is 0. The second-order valence-corrected chi connectivity index (χ2v) is 4.71. The van der Waals surface area contributed by atoms with Gasteiger partial charge in [0.25, 0.3) is 0 Å². The molecule has 1 aliphatic carbocycles. The predicted molar refractivity (Wildman–Crippen MR) is 54.2 cm³/mol. The van der Waals surface area contributed by atoms with Gasteiger partial charge in [0, 0.05) is 25.1 Å². The number of nitrogens with one attached hydrogen (secondary N) is 1. The first kappa shape index (κ1) is 9.75. The van der Waals surface area contributed by atoms with E-state index in [9.17, 15) is 0 Å². The van der Waals surface area contributed by atoms with Gasteiger partial charge in [0.05, 0.1) is 6.10 Å². The molecule has 0 bridgehead atoms. The van der Waals surface area contributed by atoms with Gasteiger partial charge >= 0.3 is 0 Å². The molecule has 1 N–H and O–H groups in total. The molecule has 3 heteroatoms. The third kappa shape index (κ3) is 3.12. The molecule has 0 spiro atoms. The smallest absolute Gasteiger partial charge is 0.0700 e. The summed E-state index contributed by atoms with van der Waals surface area (Å²) in [4.78, 5) is 0. The Hall–Kier alpha value is 0.210. The molecule has 0 aromatic rings. The van der Waals surface area contributed by atoms with Crippen LogP contribution in [0, 0.1) is 5.92 Å². The van der Waals surface area contributed by atoms with Crippen LogP contribution in [0.4, 0.5) is 0 Å². The normalized spacial score (nSPS) is 30.7. The first-order valence-corrected chi connectivity index (χ1v) is 5.76. The number of alkyl halides is 1. The van der Waals surface area contributed by atoms with Gasteiger partial charge in [0.15, 0.2) is 0 Å². The molecule has 1 heterocycles. The van der Waals surface area contributed by atoms with Crippen LogP contribution in [0.2, 0.25) is 0 Å². The summed E-state index contributed by atoms with van der Waals surface area (Å²) in [5.41, 5.74) is 0. The van der Waals surface area contributed by atoms with Gasteiger partial charge in [-0.1, -0.05) is 0 Å². The van der Waals surface area contributed by atoms with E-state index in [0.29, 0.717) is 11.5 Å². The van der Waals surface area contributed by atoms with Crippen LogP contribution in [0.3, 0.4) is 0 Å². The van der Waals surface area contributed by atoms with E-state index in [1.165, 1.54) is 25.7 Å². The zero-order valence-electron chi connectivity index (χ0n) is 7.97. The van der Waals surface area contributed by atoms with Crippen molar-refractivity contribution in [3.8, 4) is 0 Å². The standard InChI is InChI=1S/C10H18ClNO/c11-10(8-3-4-8)7-12-6-9-2-1-5-13-9/h8-10,12H,1-7H2. The van der Waals surface area contributed by atoms with Gasteiger partial charge in [-0.25, -0.2) is 0 Å². The Kier molecular flexibility index (Phi) is 3.47. The number of rotatable bonds is 5. The Morgan fingerprint density at radius 2 is 2.23 bits per heavy atom. The average Bonchev–Trinajstić information content (AvgIpc) is 2.86. The van der Waals surface area contributed by atoms with Crippen molar-refractivity contribution in [1.29, 1.82) is 0 Å². The second kappa shape index (κ2) is 4.63. The zero-order valence-corrected chi connectivity index (χ0v) is 8.72. The molecule has 2 atom stereocenters. The first-order valence-electron chi connectivity index (χ1n) is 5.32. The molecule has 2 nitrogen and oxygen atoms in total. The fourth-order valence-electron chi connectivity index (χ4n) is 1.81. The Morgan fingerprint density at radius 1 is 1.38 bits per heavy atom. The summed E-state index contributed by atoms with van der Waals surface area (Å²) in [5, 5.41) is 3.74. The van der Waals surface area contributed by atoms with E-state index >= 15 is 0 Å². The highest BCUT2D eigenvalue weighted by Crippen LogP contribution is 2.35. The largest absolute Gasteiger partial charge is 0.377 e. The Bertz CT molecular complexity index is 153. The van der Waals surface area contributed by atoms with Crippen LogP contribution in [-0.2, 0) is 4.74 Å². The quantitative estimate of drug-likeness (QED) is 0.688. The molecule has 0 radical (unpaired) electrons. The van der Waals surface area contributed by atoms with Crippen molar-refractivity contribution >= 4 is 11.6 Å². The van der Waals surface area contributed by atoms with E-state index in [0.717, 1.165) is 25.6 Å². The molecule has 2 rings (SSSR count). The highest BCUT2D eigenvalue weighted by atomic mass is 35.5. The maximum Gasteiger partial charge on any atom is 0.0700 e. The lowest BCUT2D eigenvalue weighted by Gasteiger charge is -2.13. The Morgan fingerprint density at radius 3 is 2.85 bits per heavy atom. The molecule has 2 unspecified atom stereocenters. The van der Waals surface area contributed by atoms with E-state index in [1.807, 2.05) is 0 Å². The maximum atomic E-state index is 6.16. The van der Waals surface area contributed by atoms with Crippen molar-refractivity contribution in [1.82, 2.24) is 5.32 Å². The molecule has 1 saturated carbocycles. The molecular formula is C10H18ClNO. The van der Waals surface area contributed by atoms with Gasteiger partial charge in [-0.2, -0.15) is 0 Å². The monoisotopic (exact) mass is 203 g/mol. The number of hydrogen-bond donors (Lipinski definition) is 1. The lowest BCUT2D eigenvalue weighted by molar-refractivity contribution is 0.110. The highest BCUT2D eigenvalue weighted by molar-refractivity contribution is 6.21. The van der Waals surface area contributed by atoms with Crippen molar-refractivity contribution in [2.45, 2.75) is 37.2 Å². The Labute approximate surface area is 85.0 Å². The highest BCUT2D eigenvalue weighted by Gasteiger charge is 2.29. The van der Waals surface area contributed by atoms with Crippen LogP contribution in [0.15, 0.2) is 0 Å². The molecule has 1 aliphatic heterocycles. The van der Waals surface area contributed by atoms with Gasteiger partial charge in [0.1, 0.15) is 0 Å². The van der Waals surface area contributed by atoms with E-state index in [2.05, 4.69) is 5.32 Å². The SMILES string of the molecule is ClC(CNCC1CCCO1)C1CC1. The van der Waals surface area contributed by atoms with Crippen LogP contribution in [0.25, 0.3) is 0 Å². The van der Waals surface area contributed by atoms with Crippen molar-refractivity contribution in [2.24, 2.45) is 5.92 Å². The van der Waals surface area contributed by atoms with Crippen molar-refractivity contribution < 1.29 is 4.74 Å². The van der Waals surface area contributed by atoms with Crippen LogP contribution in [-0.4, -0.2) is 31.2 Å². The van der Waals surface area contributed by atoms with E-state index in [-0.39, 0.29) is 0 Å². The summed E-state index contributed by atoms with van der Waals surface area (Å²) >= 11 is 6.16.